The standard InChI is InChI=1S/C24H32N4O5/c1-16-7-9-24(10-8-16)22(30)28(23(31)25-24)26-21(29)15-27-11-2-4-18(27)17-5-6-19-20(14-17)33-13-3-12-32-19/h5-6,14,16,18H,2-4,7-13,15H2,1H3,(H,25,31)(H,26,29)/t16?,18-,24?/m1/s1. The summed E-state index contributed by atoms with van der Waals surface area (Å²) in [5.41, 5.74) is 2.78. The number of carbonyl (C=O) groups is 3. The van der Waals surface area contributed by atoms with Crippen LogP contribution < -0.4 is 20.2 Å². The van der Waals surface area contributed by atoms with Crippen molar-refractivity contribution in [2.24, 2.45) is 5.92 Å². The molecule has 0 radical (unpaired) electrons. The number of nitrogens with one attached hydrogen (secondary N) is 2. The molecule has 1 aromatic carbocycles. The lowest BCUT2D eigenvalue weighted by molar-refractivity contribution is -0.140. The molecular weight excluding hydrogens is 424 g/mol. The fourth-order valence-corrected chi connectivity index (χ4v) is 5.44. The van der Waals surface area contributed by atoms with Crippen molar-refractivity contribution in [3.8, 4) is 11.5 Å². The van der Waals surface area contributed by atoms with Crippen LogP contribution in [0.5, 0.6) is 11.5 Å². The second-order valence-corrected chi connectivity index (χ2v) is 9.76. The Morgan fingerprint density at radius 2 is 1.88 bits per heavy atom. The van der Waals surface area contributed by atoms with Crippen LogP contribution in [-0.2, 0) is 9.59 Å². The van der Waals surface area contributed by atoms with Crippen LogP contribution in [0.3, 0.4) is 0 Å². The topological polar surface area (TPSA) is 100 Å². The van der Waals surface area contributed by atoms with E-state index in [4.69, 9.17) is 9.47 Å². The van der Waals surface area contributed by atoms with Gasteiger partial charge in [0.1, 0.15) is 5.54 Å². The van der Waals surface area contributed by atoms with Gasteiger partial charge >= 0.3 is 6.03 Å². The quantitative estimate of drug-likeness (QED) is 0.676. The minimum Gasteiger partial charge on any atom is -0.490 e. The van der Waals surface area contributed by atoms with Gasteiger partial charge in [0.25, 0.3) is 11.8 Å². The highest BCUT2D eigenvalue weighted by atomic mass is 16.5. The van der Waals surface area contributed by atoms with Gasteiger partial charge in [-0.2, -0.15) is 5.01 Å². The van der Waals surface area contributed by atoms with Crippen LogP contribution in [0.25, 0.3) is 0 Å². The van der Waals surface area contributed by atoms with Crippen LogP contribution in [0.15, 0.2) is 18.2 Å². The lowest BCUT2D eigenvalue weighted by Gasteiger charge is -2.33. The first-order chi connectivity index (χ1) is 15.9. The average Bonchev–Trinajstić information content (AvgIpc) is 3.24. The fraction of sp³-hybridized carbons (Fsp3) is 0.625. The third-order valence-corrected chi connectivity index (χ3v) is 7.39. The summed E-state index contributed by atoms with van der Waals surface area (Å²) in [6, 6.07) is 5.50. The number of hydrazine groups is 1. The van der Waals surface area contributed by atoms with Gasteiger partial charge in [0.15, 0.2) is 11.5 Å². The summed E-state index contributed by atoms with van der Waals surface area (Å²) in [6.07, 6.45) is 5.75. The molecule has 2 saturated heterocycles. The van der Waals surface area contributed by atoms with Crippen molar-refractivity contribution in [2.75, 3.05) is 26.3 Å². The maximum atomic E-state index is 13.0. The molecule has 1 atom stereocenters. The van der Waals surface area contributed by atoms with E-state index in [0.29, 0.717) is 32.0 Å². The highest BCUT2D eigenvalue weighted by Crippen LogP contribution is 2.38. The van der Waals surface area contributed by atoms with Gasteiger partial charge in [-0.15, -0.1) is 0 Å². The second-order valence-electron chi connectivity index (χ2n) is 9.76. The van der Waals surface area contributed by atoms with E-state index in [1.807, 2.05) is 18.2 Å². The third kappa shape index (κ3) is 4.26. The minimum atomic E-state index is -0.864. The zero-order valence-corrected chi connectivity index (χ0v) is 19.1. The van der Waals surface area contributed by atoms with E-state index in [-0.39, 0.29) is 24.4 Å². The van der Waals surface area contributed by atoms with Crippen LogP contribution >= 0.6 is 0 Å². The van der Waals surface area contributed by atoms with Crippen LogP contribution in [0.4, 0.5) is 4.79 Å². The summed E-state index contributed by atoms with van der Waals surface area (Å²) >= 11 is 0. The number of hydrogen-bond donors (Lipinski definition) is 2. The number of imide groups is 1. The number of likely N-dealkylation sites (tertiary alicyclic amines) is 1. The zero-order chi connectivity index (χ0) is 23.0. The Hall–Kier alpha value is -2.81. The molecular formula is C24H32N4O5. The molecule has 0 unspecified atom stereocenters. The van der Waals surface area contributed by atoms with Crippen molar-refractivity contribution in [3.63, 3.8) is 0 Å². The number of benzene rings is 1. The van der Waals surface area contributed by atoms with Gasteiger partial charge in [-0.25, -0.2) is 4.79 Å². The fourth-order valence-electron chi connectivity index (χ4n) is 5.44. The SMILES string of the molecule is CC1CCC2(CC1)NC(=O)N(NC(=O)CN1CCC[C@@H]1c1ccc3c(c1)OCCCO3)C2=O. The molecule has 5 rings (SSSR count). The molecule has 3 fully saturated rings. The minimum absolute atomic E-state index is 0.0715. The number of rotatable bonds is 4. The molecule has 0 bridgehead atoms. The highest BCUT2D eigenvalue weighted by Gasteiger charge is 2.53. The number of hydrogen-bond acceptors (Lipinski definition) is 6. The van der Waals surface area contributed by atoms with Crippen molar-refractivity contribution >= 4 is 17.8 Å². The molecule has 9 heteroatoms. The average molecular weight is 457 g/mol. The Bertz CT molecular complexity index is 943. The lowest BCUT2D eigenvalue weighted by atomic mass is 9.77. The number of ether oxygens (including phenoxy) is 2. The van der Waals surface area contributed by atoms with Crippen LogP contribution in [0.2, 0.25) is 0 Å². The first-order valence-corrected chi connectivity index (χ1v) is 12.0. The van der Waals surface area contributed by atoms with Crippen molar-refractivity contribution in [1.29, 1.82) is 0 Å². The van der Waals surface area contributed by atoms with Crippen molar-refractivity contribution in [2.45, 2.75) is 63.5 Å². The molecule has 4 amide bonds. The molecule has 0 aromatic heterocycles. The van der Waals surface area contributed by atoms with Gasteiger partial charge < -0.3 is 14.8 Å². The summed E-state index contributed by atoms with van der Waals surface area (Å²) in [5, 5.41) is 3.73. The monoisotopic (exact) mass is 456 g/mol. The van der Waals surface area contributed by atoms with E-state index in [0.717, 1.165) is 60.7 Å². The molecule has 2 N–H and O–H groups in total. The molecule has 1 aliphatic carbocycles. The van der Waals surface area contributed by atoms with E-state index in [2.05, 4.69) is 22.6 Å². The maximum absolute atomic E-state index is 13.0. The summed E-state index contributed by atoms with van der Waals surface area (Å²) in [7, 11) is 0. The van der Waals surface area contributed by atoms with Gasteiger partial charge in [-0.3, -0.25) is 19.9 Å². The summed E-state index contributed by atoms with van der Waals surface area (Å²) in [4.78, 5) is 40.5. The van der Waals surface area contributed by atoms with Crippen molar-refractivity contribution < 1.29 is 23.9 Å². The van der Waals surface area contributed by atoms with E-state index >= 15 is 0 Å². The zero-order valence-electron chi connectivity index (χ0n) is 19.1. The predicted octanol–water partition coefficient (Wildman–Crippen LogP) is 2.52. The first-order valence-electron chi connectivity index (χ1n) is 12.0. The van der Waals surface area contributed by atoms with Crippen LogP contribution in [0.1, 0.15) is 63.5 Å². The lowest BCUT2D eigenvalue weighted by Crippen LogP contribution is -2.52. The third-order valence-electron chi connectivity index (χ3n) is 7.39. The number of amides is 4. The van der Waals surface area contributed by atoms with E-state index in [1.54, 1.807) is 0 Å². The van der Waals surface area contributed by atoms with Crippen LogP contribution in [0, 0.1) is 5.92 Å². The molecule has 3 aliphatic heterocycles. The second kappa shape index (κ2) is 8.85. The van der Waals surface area contributed by atoms with E-state index < -0.39 is 11.6 Å². The number of nitrogens with zero attached hydrogens (tertiary/aromatic N) is 2. The summed E-state index contributed by atoms with van der Waals surface area (Å²) in [5.74, 6) is 1.34. The van der Waals surface area contributed by atoms with Gasteiger partial charge in [0.2, 0.25) is 0 Å². The Morgan fingerprint density at radius 1 is 1.12 bits per heavy atom. The van der Waals surface area contributed by atoms with Crippen molar-refractivity contribution in [3.05, 3.63) is 23.8 Å². The van der Waals surface area contributed by atoms with E-state index in [9.17, 15) is 14.4 Å². The van der Waals surface area contributed by atoms with Gasteiger partial charge in [-0.1, -0.05) is 13.0 Å². The summed E-state index contributed by atoms with van der Waals surface area (Å²) < 4.78 is 11.6. The highest BCUT2D eigenvalue weighted by molar-refractivity contribution is 6.08. The van der Waals surface area contributed by atoms with Crippen molar-refractivity contribution in [1.82, 2.24) is 20.7 Å². The normalized spacial score (nSPS) is 29.8. The van der Waals surface area contributed by atoms with Gasteiger partial charge in [-0.05, 0) is 68.7 Å². The molecule has 9 nitrogen and oxygen atoms in total. The molecule has 1 spiro atoms. The number of urea groups is 1. The molecule has 1 saturated carbocycles. The predicted molar refractivity (Wildman–Crippen MR) is 119 cm³/mol. The Labute approximate surface area is 193 Å². The molecule has 33 heavy (non-hydrogen) atoms. The molecule has 3 heterocycles. The largest absolute Gasteiger partial charge is 0.490 e. The number of fused-ring (bicyclic) bond motifs is 1. The molecule has 4 aliphatic rings. The van der Waals surface area contributed by atoms with Crippen LogP contribution in [-0.4, -0.2) is 59.6 Å². The molecule has 178 valence electrons. The summed E-state index contributed by atoms with van der Waals surface area (Å²) in [6.45, 7) is 4.31. The van der Waals surface area contributed by atoms with Gasteiger partial charge in [0.05, 0.1) is 19.8 Å². The Morgan fingerprint density at radius 3 is 2.67 bits per heavy atom. The Kier molecular flexibility index (Phi) is 5.90. The Balaban J connectivity index is 1.23. The maximum Gasteiger partial charge on any atom is 0.344 e. The van der Waals surface area contributed by atoms with Gasteiger partial charge in [0, 0.05) is 12.5 Å². The first kappa shape index (κ1) is 22.0. The number of carbonyl (C=O) groups excluding carboxylic acids is 3. The molecule has 1 aromatic rings. The van der Waals surface area contributed by atoms with E-state index in [1.165, 1.54) is 0 Å². The smallest absolute Gasteiger partial charge is 0.344 e.